The normalized spacial score (nSPS) is 10.9. The predicted octanol–water partition coefficient (Wildman–Crippen LogP) is 4.03. The van der Waals surface area contributed by atoms with Gasteiger partial charge in [-0.05, 0) is 24.3 Å². The molecule has 0 radical (unpaired) electrons. The third-order valence-corrected chi connectivity index (χ3v) is 3.77. The number of nitrogens with two attached hydrogens (primary N) is 1. The SMILES string of the molecule is COc1cc(Br)cc(-n2c(N)nc3c(Cl)cccc32)c1. The minimum Gasteiger partial charge on any atom is -0.497 e. The van der Waals surface area contributed by atoms with Crippen molar-refractivity contribution in [2.24, 2.45) is 0 Å². The quantitative estimate of drug-likeness (QED) is 0.757. The van der Waals surface area contributed by atoms with Gasteiger partial charge in [0.25, 0.3) is 0 Å². The van der Waals surface area contributed by atoms with Crippen molar-refractivity contribution in [3.8, 4) is 11.4 Å². The topological polar surface area (TPSA) is 53.1 Å². The number of hydrogen-bond donors (Lipinski definition) is 1. The highest BCUT2D eigenvalue weighted by Gasteiger charge is 2.13. The first-order valence-electron chi connectivity index (χ1n) is 5.87. The van der Waals surface area contributed by atoms with Crippen LogP contribution in [0.3, 0.4) is 0 Å². The first-order chi connectivity index (χ1) is 9.60. The minimum atomic E-state index is 0.383. The molecule has 0 spiro atoms. The highest BCUT2D eigenvalue weighted by Crippen LogP contribution is 2.31. The number of ether oxygens (including phenoxy) is 1. The largest absolute Gasteiger partial charge is 0.497 e. The van der Waals surface area contributed by atoms with Crippen molar-refractivity contribution in [1.82, 2.24) is 9.55 Å². The Morgan fingerprint density at radius 1 is 1.30 bits per heavy atom. The number of anilines is 1. The van der Waals surface area contributed by atoms with Gasteiger partial charge in [0.1, 0.15) is 11.3 Å². The fourth-order valence-corrected chi connectivity index (χ4v) is 2.82. The molecule has 0 saturated heterocycles. The zero-order valence-corrected chi connectivity index (χ0v) is 12.9. The Morgan fingerprint density at radius 2 is 2.10 bits per heavy atom. The van der Waals surface area contributed by atoms with Crippen molar-refractivity contribution in [2.75, 3.05) is 12.8 Å². The molecule has 6 heteroatoms. The number of nitrogens with zero attached hydrogens (tertiary/aromatic N) is 2. The van der Waals surface area contributed by atoms with Gasteiger partial charge in [-0.1, -0.05) is 33.6 Å². The van der Waals surface area contributed by atoms with Crippen LogP contribution in [0.5, 0.6) is 5.75 Å². The molecule has 1 heterocycles. The highest BCUT2D eigenvalue weighted by atomic mass is 79.9. The molecule has 0 aliphatic carbocycles. The smallest absolute Gasteiger partial charge is 0.205 e. The van der Waals surface area contributed by atoms with Crippen molar-refractivity contribution in [3.05, 3.63) is 45.9 Å². The number of rotatable bonds is 2. The van der Waals surface area contributed by atoms with E-state index in [0.29, 0.717) is 16.5 Å². The molecule has 2 N–H and O–H groups in total. The van der Waals surface area contributed by atoms with Crippen LogP contribution in [0, 0.1) is 0 Å². The van der Waals surface area contributed by atoms with Crippen molar-refractivity contribution < 1.29 is 4.74 Å². The number of aromatic nitrogens is 2. The number of fused-ring (bicyclic) bond motifs is 1. The van der Waals surface area contributed by atoms with Gasteiger partial charge in [0.2, 0.25) is 5.95 Å². The molecule has 0 aliphatic heterocycles. The standard InChI is InChI=1S/C14H11BrClN3O/c1-20-10-6-8(15)5-9(7-10)19-12-4-2-3-11(16)13(12)18-14(19)17/h2-7H,1H3,(H2,17,18). The molecule has 3 rings (SSSR count). The Labute approximate surface area is 129 Å². The lowest BCUT2D eigenvalue weighted by Gasteiger charge is -2.09. The van der Waals surface area contributed by atoms with Crippen molar-refractivity contribution >= 4 is 44.5 Å². The lowest BCUT2D eigenvalue weighted by atomic mass is 10.2. The predicted molar refractivity (Wildman–Crippen MR) is 84.7 cm³/mol. The third-order valence-electron chi connectivity index (χ3n) is 3.01. The van der Waals surface area contributed by atoms with Crippen molar-refractivity contribution in [2.45, 2.75) is 0 Å². The van der Waals surface area contributed by atoms with Gasteiger partial charge in [-0.2, -0.15) is 0 Å². The molecule has 102 valence electrons. The van der Waals surface area contributed by atoms with Gasteiger partial charge in [-0.3, -0.25) is 4.57 Å². The average molecular weight is 353 g/mol. The van der Waals surface area contributed by atoms with E-state index in [9.17, 15) is 0 Å². The van der Waals surface area contributed by atoms with Crippen LogP contribution < -0.4 is 10.5 Å². The molecule has 4 nitrogen and oxygen atoms in total. The molecular formula is C14H11BrClN3O. The zero-order valence-electron chi connectivity index (χ0n) is 10.6. The second kappa shape index (κ2) is 5.00. The monoisotopic (exact) mass is 351 g/mol. The van der Waals surface area contributed by atoms with Crippen LogP contribution in [0.1, 0.15) is 0 Å². The number of benzene rings is 2. The molecule has 3 aromatic rings. The Hall–Kier alpha value is -1.72. The number of hydrogen-bond acceptors (Lipinski definition) is 3. The van der Waals surface area contributed by atoms with E-state index in [1.165, 1.54) is 0 Å². The highest BCUT2D eigenvalue weighted by molar-refractivity contribution is 9.10. The summed E-state index contributed by atoms with van der Waals surface area (Å²) in [5.41, 5.74) is 8.44. The van der Waals surface area contributed by atoms with E-state index in [2.05, 4.69) is 20.9 Å². The van der Waals surface area contributed by atoms with Crippen molar-refractivity contribution in [1.29, 1.82) is 0 Å². The third kappa shape index (κ3) is 2.13. The summed E-state index contributed by atoms with van der Waals surface area (Å²) >= 11 is 9.62. The van der Waals surface area contributed by atoms with Gasteiger partial charge in [0.15, 0.2) is 0 Å². The van der Waals surface area contributed by atoms with Crippen LogP contribution in [0.4, 0.5) is 5.95 Å². The van der Waals surface area contributed by atoms with Crippen LogP contribution in [0.2, 0.25) is 5.02 Å². The molecule has 20 heavy (non-hydrogen) atoms. The Bertz CT molecular complexity index is 800. The summed E-state index contributed by atoms with van der Waals surface area (Å²) < 4.78 is 8.02. The molecule has 0 aliphatic rings. The van der Waals surface area contributed by atoms with E-state index >= 15 is 0 Å². The van der Waals surface area contributed by atoms with Crippen LogP contribution in [0.25, 0.3) is 16.7 Å². The second-order valence-electron chi connectivity index (χ2n) is 4.26. The summed E-state index contributed by atoms with van der Waals surface area (Å²) in [6, 6.07) is 11.3. The molecule has 1 aromatic heterocycles. The molecule has 0 saturated carbocycles. The molecular weight excluding hydrogens is 342 g/mol. The molecule has 0 bridgehead atoms. The Kier molecular flexibility index (Phi) is 3.31. The summed E-state index contributed by atoms with van der Waals surface area (Å²) in [5.74, 6) is 1.12. The van der Waals surface area contributed by atoms with Gasteiger partial charge in [0, 0.05) is 10.5 Å². The van der Waals surface area contributed by atoms with Gasteiger partial charge in [-0.25, -0.2) is 4.98 Å². The summed E-state index contributed by atoms with van der Waals surface area (Å²) in [4.78, 5) is 4.33. The van der Waals surface area contributed by atoms with E-state index in [1.807, 2.05) is 34.9 Å². The van der Waals surface area contributed by atoms with E-state index in [1.54, 1.807) is 13.2 Å². The van der Waals surface area contributed by atoms with Crippen LogP contribution in [-0.4, -0.2) is 16.7 Å². The van der Waals surface area contributed by atoms with Crippen molar-refractivity contribution in [3.63, 3.8) is 0 Å². The number of para-hydroxylation sites is 1. The number of nitrogen functional groups attached to an aromatic ring is 1. The average Bonchev–Trinajstić information content (AvgIpc) is 2.76. The minimum absolute atomic E-state index is 0.383. The maximum atomic E-state index is 6.15. The zero-order chi connectivity index (χ0) is 14.3. The lowest BCUT2D eigenvalue weighted by Crippen LogP contribution is -2.01. The lowest BCUT2D eigenvalue weighted by molar-refractivity contribution is 0.414. The Morgan fingerprint density at radius 3 is 2.85 bits per heavy atom. The van der Waals surface area contributed by atoms with E-state index in [-0.39, 0.29) is 0 Å². The number of imidazole rings is 1. The molecule has 0 unspecified atom stereocenters. The van der Waals surface area contributed by atoms with Gasteiger partial charge >= 0.3 is 0 Å². The van der Waals surface area contributed by atoms with E-state index < -0.39 is 0 Å². The molecule has 0 atom stereocenters. The molecule has 0 fully saturated rings. The maximum absolute atomic E-state index is 6.15. The fraction of sp³-hybridized carbons (Fsp3) is 0.0714. The molecule has 0 amide bonds. The van der Waals surface area contributed by atoms with Gasteiger partial charge < -0.3 is 10.5 Å². The van der Waals surface area contributed by atoms with E-state index in [4.69, 9.17) is 22.1 Å². The molecule has 2 aromatic carbocycles. The summed E-state index contributed by atoms with van der Waals surface area (Å²) in [6.07, 6.45) is 0. The Balaban J connectivity index is 2.32. The number of methoxy groups -OCH3 is 1. The summed E-state index contributed by atoms with van der Waals surface area (Å²) in [6.45, 7) is 0. The summed E-state index contributed by atoms with van der Waals surface area (Å²) in [7, 11) is 1.62. The van der Waals surface area contributed by atoms with Gasteiger partial charge in [-0.15, -0.1) is 0 Å². The first kappa shape index (κ1) is 13.3. The second-order valence-corrected chi connectivity index (χ2v) is 5.59. The number of halogens is 2. The van der Waals surface area contributed by atoms with Crippen LogP contribution in [-0.2, 0) is 0 Å². The van der Waals surface area contributed by atoms with Crippen LogP contribution >= 0.6 is 27.5 Å². The van der Waals surface area contributed by atoms with E-state index in [0.717, 1.165) is 21.4 Å². The maximum Gasteiger partial charge on any atom is 0.205 e. The fourth-order valence-electron chi connectivity index (χ4n) is 2.15. The van der Waals surface area contributed by atoms with Crippen LogP contribution in [0.15, 0.2) is 40.9 Å². The van der Waals surface area contributed by atoms with Gasteiger partial charge in [0.05, 0.1) is 23.3 Å². The first-order valence-corrected chi connectivity index (χ1v) is 7.04. The summed E-state index contributed by atoms with van der Waals surface area (Å²) in [5, 5.41) is 0.579.